The first-order valence-electron chi connectivity index (χ1n) is 5.45. The van der Waals surface area contributed by atoms with E-state index < -0.39 is 0 Å². The zero-order valence-corrected chi connectivity index (χ0v) is 9.29. The second kappa shape index (κ2) is 10.4. The second-order valence-electron chi connectivity index (χ2n) is 3.47. The molecule has 0 aromatic heterocycles. The maximum absolute atomic E-state index is 9.98. The lowest BCUT2D eigenvalue weighted by Gasteiger charge is -2.07. The van der Waals surface area contributed by atoms with Crippen molar-refractivity contribution in [3.05, 3.63) is 0 Å². The number of nitrogens with zero attached hydrogens (tertiary/aromatic N) is 1. The number of hydrogen-bond donors (Lipinski definition) is 0. The van der Waals surface area contributed by atoms with Crippen molar-refractivity contribution in [3.8, 4) is 0 Å². The van der Waals surface area contributed by atoms with Gasteiger partial charge in [-0.3, -0.25) is 0 Å². The van der Waals surface area contributed by atoms with Gasteiger partial charge in [0.2, 0.25) is 6.08 Å². The molecule has 3 heteroatoms. The third kappa shape index (κ3) is 7.96. The summed E-state index contributed by atoms with van der Waals surface area (Å²) in [5.74, 6) is 0. The molecular formula is C11H21NO2. The number of aliphatic imine (C=N–C) groups is 1. The van der Waals surface area contributed by atoms with Gasteiger partial charge in [-0.1, -0.05) is 39.0 Å². The summed E-state index contributed by atoms with van der Waals surface area (Å²) in [6.07, 6.45) is 9.54. The molecule has 0 aliphatic rings. The van der Waals surface area contributed by atoms with E-state index in [2.05, 4.69) is 11.9 Å². The molecule has 1 atom stereocenters. The van der Waals surface area contributed by atoms with Crippen LogP contribution in [0.25, 0.3) is 0 Å². The fourth-order valence-corrected chi connectivity index (χ4v) is 1.39. The zero-order valence-electron chi connectivity index (χ0n) is 9.29. The number of isocyanates is 1. The Kier molecular flexibility index (Phi) is 9.93. The van der Waals surface area contributed by atoms with Gasteiger partial charge >= 0.3 is 0 Å². The summed E-state index contributed by atoms with van der Waals surface area (Å²) in [6.45, 7) is 2.21. The van der Waals surface area contributed by atoms with Gasteiger partial charge < -0.3 is 4.74 Å². The predicted octanol–water partition coefficient (Wildman–Crippen LogP) is 3.05. The summed E-state index contributed by atoms with van der Waals surface area (Å²) in [5.41, 5.74) is 0. The summed E-state index contributed by atoms with van der Waals surface area (Å²) >= 11 is 0. The molecule has 0 aliphatic carbocycles. The fourth-order valence-electron chi connectivity index (χ4n) is 1.39. The van der Waals surface area contributed by atoms with Crippen molar-refractivity contribution in [1.29, 1.82) is 0 Å². The van der Waals surface area contributed by atoms with Crippen LogP contribution in [0.2, 0.25) is 0 Å². The first-order chi connectivity index (χ1) is 6.85. The Balaban J connectivity index is 3.28. The lowest BCUT2D eigenvalue weighted by molar-refractivity contribution is 0.100. The molecule has 0 aromatic rings. The van der Waals surface area contributed by atoms with Crippen molar-refractivity contribution < 1.29 is 9.53 Å². The van der Waals surface area contributed by atoms with E-state index in [1.165, 1.54) is 38.2 Å². The van der Waals surface area contributed by atoms with Crippen LogP contribution in [0.5, 0.6) is 0 Å². The molecule has 0 rings (SSSR count). The lowest BCUT2D eigenvalue weighted by Crippen LogP contribution is -2.06. The Morgan fingerprint density at radius 3 is 2.43 bits per heavy atom. The van der Waals surface area contributed by atoms with Crippen LogP contribution < -0.4 is 0 Å². The number of methoxy groups -OCH3 is 1. The first kappa shape index (κ1) is 13.3. The van der Waals surface area contributed by atoms with E-state index >= 15 is 0 Å². The molecule has 0 saturated carbocycles. The Hall–Kier alpha value is -0.660. The van der Waals surface area contributed by atoms with Crippen LogP contribution in [0.3, 0.4) is 0 Å². The maximum atomic E-state index is 9.98. The van der Waals surface area contributed by atoms with Crippen LogP contribution >= 0.6 is 0 Å². The molecule has 82 valence electrons. The predicted molar refractivity (Wildman–Crippen MR) is 56.9 cm³/mol. The van der Waals surface area contributed by atoms with Crippen LogP contribution in [0.1, 0.15) is 51.9 Å². The van der Waals surface area contributed by atoms with Gasteiger partial charge in [-0.15, -0.1) is 0 Å². The van der Waals surface area contributed by atoms with Gasteiger partial charge in [0.15, 0.2) is 6.23 Å². The number of ether oxygens (including phenoxy) is 1. The highest BCUT2D eigenvalue weighted by atomic mass is 16.5. The van der Waals surface area contributed by atoms with E-state index in [-0.39, 0.29) is 6.23 Å². The standard InChI is InChI=1S/C11H21NO2/c1-3-4-5-6-7-8-9-11(14-2)12-10-13/h11H,3-9H2,1-2H3. The fraction of sp³-hybridized carbons (Fsp3) is 0.909. The van der Waals surface area contributed by atoms with Crippen molar-refractivity contribution in [3.63, 3.8) is 0 Å². The molecule has 0 amide bonds. The van der Waals surface area contributed by atoms with Crippen molar-refractivity contribution in [2.75, 3.05) is 7.11 Å². The Morgan fingerprint density at radius 1 is 1.21 bits per heavy atom. The van der Waals surface area contributed by atoms with E-state index in [1.54, 1.807) is 7.11 Å². The second-order valence-corrected chi connectivity index (χ2v) is 3.47. The van der Waals surface area contributed by atoms with Gasteiger partial charge in [-0.05, 0) is 12.8 Å². The normalized spacial score (nSPS) is 12.1. The summed E-state index contributed by atoms with van der Waals surface area (Å²) in [7, 11) is 1.57. The minimum Gasteiger partial charge on any atom is -0.359 e. The molecular weight excluding hydrogens is 178 g/mol. The van der Waals surface area contributed by atoms with E-state index in [0.29, 0.717) is 0 Å². The highest BCUT2D eigenvalue weighted by Gasteiger charge is 2.03. The molecule has 0 N–H and O–H groups in total. The van der Waals surface area contributed by atoms with Crippen molar-refractivity contribution in [2.45, 2.75) is 58.1 Å². The van der Waals surface area contributed by atoms with Gasteiger partial charge in [0, 0.05) is 7.11 Å². The quantitative estimate of drug-likeness (QED) is 0.325. The molecule has 0 saturated heterocycles. The van der Waals surface area contributed by atoms with Crippen molar-refractivity contribution >= 4 is 6.08 Å². The first-order valence-corrected chi connectivity index (χ1v) is 5.45. The van der Waals surface area contributed by atoms with Gasteiger partial charge in [-0.25, -0.2) is 4.79 Å². The minimum absolute atomic E-state index is 0.279. The molecule has 0 heterocycles. The summed E-state index contributed by atoms with van der Waals surface area (Å²) in [6, 6.07) is 0. The van der Waals surface area contributed by atoms with Crippen LogP contribution in [0.15, 0.2) is 4.99 Å². The summed E-state index contributed by atoms with van der Waals surface area (Å²) < 4.78 is 4.99. The third-order valence-corrected chi connectivity index (χ3v) is 2.27. The van der Waals surface area contributed by atoms with Crippen LogP contribution in [-0.4, -0.2) is 19.4 Å². The number of carbonyl (C=O) groups excluding carboxylic acids is 1. The van der Waals surface area contributed by atoms with Crippen molar-refractivity contribution in [1.82, 2.24) is 0 Å². The average Bonchev–Trinajstić information content (AvgIpc) is 2.21. The van der Waals surface area contributed by atoms with Crippen LogP contribution in [0.4, 0.5) is 0 Å². The Labute approximate surface area is 86.6 Å². The van der Waals surface area contributed by atoms with Gasteiger partial charge in [0.1, 0.15) is 0 Å². The Morgan fingerprint density at radius 2 is 1.86 bits per heavy atom. The molecule has 0 fully saturated rings. The molecule has 0 radical (unpaired) electrons. The largest absolute Gasteiger partial charge is 0.359 e. The van der Waals surface area contributed by atoms with Gasteiger partial charge in [0.05, 0.1) is 0 Å². The highest BCUT2D eigenvalue weighted by Crippen LogP contribution is 2.10. The third-order valence-electron chi connectivity index (χ3n) is 2.27. The number of unbranched alkanes of at least 4 members (excludes halogenated alkanes) is 5. The molecule has 14 heavy (non-hydrogen) atoms. The number of hydrogen-bond acceptors (Lipinski definition) is 3. The van der Waals surface area contributed by atoms with Gasteiger partial charge in [-0.2, -0.15) is 4.99 Å². The summed E-state index contributed by atoms with van der Waals surface area (Å²) in [5, 5.41) is 0. The Bertz CT molecular complexity index is 165. The van der Waals surface area contributed by atoms with E-state index in [9.17, 15) is 4.79 Å². The molecule has 0 bridgehead atoms. The highest BCUT2D eigenvalue weighted by molar-refractivity contribution is 5.33. The average molecular weight is 199 g/mol. The van der Waals surface area contributed by atoms with Gasteiger partial charge in [0.25, 0.3) is 0 Å². The maximum Gasteiger partial charge on any atom is 0.237 e. The summed E-state index contributed by atoms with van der Waals surface area (Å²) in [4.78, 5) is 13.5. The molecule has 0 spiro atoms. The van der Waals surface area contributed by atoms with Crippen molar-refractivity contribution in [2.24, 2.45) is 4.99 Å². The molecule has 3 nitrogen and oxygen atoms in total. The van der Waals surface area contributed by atoms with E-state index in [1.807, 2.05) is 0 Å². The lowest BCUT2D eigenvalue weighted by atomic mass is 10.1. The topological polar surface area (TPSA) is 38.7 Å². The van der Waals surface area contributed by atoms with Crippen LogP contribution in [0, 0.1) is 0 Å². The molecule has 0 aromatic carbocycles. The van der Waals surface area contributed by atoms with E-state index in [4.69, 9.17) is 4.74 Å². The molecule has 0 aliphatic heterocycles. The van der Waals surface area contributed by atoms with E-state index in [0.717, 1.165) is 12.8 Å². The minimum atomic E-state index is -0.279. The molecule has 1 unspecified atom stereocenters. The monoisotopic (exact) mass is 199 g/mol. The van der Waals surface area contributed by atoms with Crippen LogP contribution in [-0.2, 0) is 9.53 Å². The number of rotatable bonds is 9. The smallest absolute Gasteiger partial charge is 0.237 e. The SMILES string of the molecule is CCCCCCCCC(N=C=O)OC. The zero-order chi connectivity index (χ0) is 10.6.